The molecule has 1 fully saturated rings. The normalized spacial score (nSPS) is 24.1. The molecule has 0 radical (unpaired) electrons. The van der Waals surface area contributed by atoms with E-state index in [0.717, 1.165) is 31.1 Å². The summed E-state index contributed by atoms with van der Waals surface area (Å²) in [5.41, 5.74) is 6.22. The van der Waals surface area contributed by atoms with Gasteiger partial charge in [-0.05, 0) is 59.8 Å². The molecule has 0 bridgehead atoms. The van der Waals surface area contributed by atoms with Crippen molar-refractivity contribution < 1.29 is 0 Å². The Kier molecular flexibility index (Phi) is 4.53. The molecule has 0 spiro atoms. The minimum atomic E-state index is 0.573. The molecule has 18 heavy (non-hydrogen) atoms. The lowest BCUT2D eigenvalue weighted by atomic mass is 9.90. The van der Waals surface area contributed by atoms with Gasteiger partial charge in [-0.1, -0.05) is 55.8 Å². The third-order valence-electron chi connectivity index (χ3n) is 4.40. The lowest BCUT2D eigenvalue weighted by Crippen LogP contribution is -2.05. The van der Waals surface area contributed by atoms with Crippen LogP contribution in [0.2, 0.25) is 0 Å². The quantitative estimate of drug-likeness (QED) is 0.633. The standard InChI is InChI=1S/C17H25Br/c1-5-12-9-13(6-2)16(14(7-3)10-12)17(18)15-8-11(15)4/h9-11,15,17H,5-8H2,1-4H3. The summed E-state index contributed by atoms with van der Waals surface area (Å²) >= 11 is 3.98. The highest BCUT2D eigenvalue weighted by atomic mass is 79.9. The molecular weight excluding hydrogens is 284 g/mol. The van der Waals surface area contributed by atoms with Crippen LogP contribution in [0.3, 0.4) is 0 Å². The van der Waals surface area contributed by atoms with Gasteiger partial charge in [0.25, 0.3) is 0 Å². The number of hydrogen-bond acceptors (Lipinski definition) is 0. The van der Waals surface area contributed by atoms with Gasteiger partial charge in [-0.25, -0.2) is 0 Å². The summed E-state index contributed by atoms with van der Waals surface area (Å²) in [4.78, 5) is 0.573. The lowest BCUT2D eigenvalue weighted by molar-refractivity contribution is 0.726. The second kappa shape index (κ2) is 5.77. The molecule has 3 unspecified atom stereocenters. The maximum atomic E-state index is 3.98. The molecule has 0 amide bonds. The van der Waals surface area contributed by atoms with E-state index < -0.39 is 0 Å². The minimum Gasteiger partial charge on any atom is -0.0835 e. The molecule has 1 heteroatoms. The summed E-state index contributed by atoms with van der Waals surface area (Å²) in [6, 6.07) is 4.85. The average molecular weight is 309 g/mol. The molecule has 1 aliphatic rings. The molecule has 100 valence electrons. The second-order valence-electron chi connectivity index (χ2n) is 5.67. The maximum absolute atomic E-state index is 3.98. The number of halogens is 1. The fourth-order valence-corrected chi connectivity index (χ4v) is 4.29. The van der Waals surface area contributed by atoms with Crippen LogP contribution < -0.4 is 0 Å². The topological polar surface area (TPSA) is 0 Å². The van der Waals surface area contributed by atoms with Gasteiger partial charge in [0.05, 0.1) is 0 Å². The van der Waals surface area contributed by atoms with Crippen LogP contribution >= 0.6 is 15.9 Å². The van der Waals surface area contributed by atoms with Crippen molar-refractivity contribution in [2.45, 2.75) is 58.2 Å². The van der Waals surface area contributed by atoms with E-state index in [1.54, 1.807) is 16.7 Å². The largest absolute Gasteiger partial charge is 0.0835 e. The van der Waals surface area contributed by atoms with Gasteiger partial charge < -0.3 is 0 Å². The van der Waals surface area contributed by atoms with Gasteiger partial charge in [0.2, 0.25) is 0 Å². The predicted octanol–water partition coefficient (Wildman–Crippen LogP) is 5.47. The molecule has 1 aliphatic carbocycles. The van der Waals surface area contributed by atoms with Crippen molar-refractivity contribution >= 4 is 15.9 Å². The first-order valence-electron chi connectivity index (χ1n) is 7.40. The Morgan fingerprint density at radius 1 is 1.11 bits per heavy atom. The molecule has 1 aromatic rings. The third-order valence-corrected chi connectivity index (χ3v) is 5.54. The van der Waals surface area contributed by atoms with E-state index in [1.807, 2.05) is 0 Å². The average Bonchev–Trinajstić information content (AvgIpc) is 3.13. The third kappa shape index (κ3) is 2.66. The number of aryl methyl sites for hydroxylation is 3. The Morgan fingerprint density at radius 2 is 1.61 bits per heavy atom. The van der Waals surface area contributed by atoms with Crippen LogP contribution in [-0.4, -0.2) is 0 Å². The van der Waals surface area contributed by atoms with E-state index >= 15 is 0 Å². The van der Waals surface area contributed by atoms with Crippen molar-refractivity contribution in [2.75, 3.05) is 0 Å². The van der Waals surface area contributed by atoms with Crippen molar-refractivity contribution in [2.24, 2.45) is 11.8 Å². The number of benzene rings is 1. The molecule has 0 saturated heterocycles. The molecular formula is C17H25Br. The van der Waals surface area contributed by atoms with Crippen LogP contribution in [0.1, 0.15) is 61.2 Å². The van der Waals surface area contributed by atoms with Crippen molar-refractivity contribution in [3.8, 4) is 0 Å². The molecule has 3 atom stereocenters. The first kappa shape index (κ1) is 14.1. The molecule has 1 aromatic carbocycles. The van der Waals surface area contributed by atoms with E-state index in [9.17, 15) is 0 Å². The van der Waals surface area contributed by atoms with Crippen molar-refractivity contribution in [1.82, 2.24) is 0 Å². The molecule has 0 aromatic heterocycles. The zero-order chi connectivity index (χ0) is 13.3. The number of hydrogen-bond donors (Lipinski definition) is 0. The summed E-state index contributed by atoms with van der Waals surface area (Å²) in [6.07, 6.45) is 4.84. The fraction of sp³-hybridized carbons (Fsp3) is 0.647. The van der Waals surface area contributed by atoms with Gasteiger partial charge in [0.15, 0.2) is 0 Å². The van der Waals surface area contributed by atoms with Gasteiger partial charge in [-0.15, -0.1) is 0 Å². The molecule has 0 heterocycles. The summed E-state index contributed by atoms with van der Waals surface area (Å²) in [5, 5.41) is 0. The van der Waals surface area contributed by atoms with Crippen molar-refractivity contribution in [1.29, 1.82) is 0 Å². The number of alkyl halides is 1. The predicted molar refractivity (Wildman–Crippen MR) is 83.5 cm³/mol. The van der Waals surface area contributed by atoms with E-state index in [0.29, 0.717) is 4.83 Å². The zero-order valence-corrected chi connectivity index (χ0v) is 13.7. The molecule has 2 rings (SSSR count). The number of rotatable bonds is 5. The first-order chi connectivity index (χ1) is 8.62. The Balaban J connectivity index is 2.42. The van der Waals surface area contributed by atoms with E-state index in [1.165, 1.54) is 12.0 Å². The molecule has 0 nitrogen and oxygen atoms in total. The first-order valence-corrected chi connectivity index (χ1v) is 8.32. The van der Waals surface area contributed by atoms with Crippen LogP contribution in [0.15, 0.2) is 12.1 Å². The fourth-order valence-electron chi connectivity index (χ4n) is 2.97. The Morgan fingerprint density at radius 3 is 1.94 bits per heavy atom. The Hall–Kier alpha value is -0.300. The van der Waals surface area contributed by atoms with Gasteiger partial charge in [0.1, 0.15) is 0 Å². The highest BCUT2D eigenvalue weighted by Crippen LogP contribution is 2.52. The van der Waals surface area contributed by atoms with Crippen molar-refractivity contribution in [3.63, 3.8) is 0 Å². The van der Waals surface area contributed by atoms with Gasteiger partial charge >= 0.3 is 0 Å². The highest BCUT2D eigenvalue weighted by Gasteiger charge is 2.40. The summed E-state index contributed by atoms with van der Waals surface area (Å²) in [7, 11) is 0. The van der Waals surface area contributed by atoms with E-state index in [4.69, 9.17) is 0 Å². The summed E-state index contributed by atoms with van der Waals surface area (Å²) in [5.74, 6) is 1.75. The highest BCUT2D eigenvalue weighted by molar-refractivity contribution is 9.09. The minimum absolute atomic E-state index is 0.573. The van der Waals surface area contributed by atoms with Crippen molar-refractivity contribution in [3.05, 3.63) is 34.4 Å². The smallest absolute Gasteiger partial charge is 0.0431 e. The lowest BCUT2D eigenvalue weighted by Gasteiger charge is -2.20. The van der Waals surface area contributed by atoms with Gasteiger partial charge in [-0.3, -0.25) is 0 Å². The second-order valence-corrected chi connectivity index (χ2v) is 6.65. The monoisotopic (exact) mass is 308 g/mol. The summed E-state index contributed by atoms with van der Waals surface area (Å²) < 4.78 is 0. The Bertz CT molecular complexity index is 397. The SMILES string of the molecule is CCc1cc(CC)c(C(Br)C2CC2C)c(CC)c1. The van der Waals surface area contributed by atoms with E-state index in [-0.39, 0.29) is 0 Å². The molecule has 0 aliphatic heterocycles. The zero-order valence-electron chi connectivity index (χ0n) is 12.1. The Labute approximate surface area is 120 Å². The van der Waals surface area contributed by atoms with Crippen LogP contribution in [0.25, 0.3) is 0 Å². The van der Waals surface area contributed by atoms with Crippen LogP contribution in [0.5, 0.6) is 0 Å². The van der Waals surface area contributed by atoms with E-state index in [2.05, 4.69) is 55.8 Å². The maximum Gasteiger partial charge on any atom is 0.0431 e. The van der Waals surface area contributed by atoms with Gasteiger partial charge in [-0.2, -0.15) is 0 Å². The van der Waals surface area contributed by atoms with Crippen LogP contribution in [0.4, 0.5) is 0 Å². The van der Waals surface area contributed by atoms with Gasteiger partial charge in [0, 0.05) is 4.83 Å². The molecule has 1 saturated carbocycles. The van der Waals surface area contributed by atoms with Crippen LogP contribution in [-0.2, 0) is 19.3 Å². The molecule has 0 N–H and O–H groups in total. The summed E-state index contributed by atoms with van der Waals surface area (Å²) in [6.45, 7) is 9.20. The van der Waals surface area contributed by atoms with Crippen LogP contribution in [0, 0.1) is 11.8 Å².